The van der Waals surface area contributed by atoms with Crippen molar-refractivity contribution in [3.05, 3.63) is 0 Å². The molecule has 0 aromatic carbocycles. The lowest BCUT2D eigenvalue weighted by atomic mass is 10.5. The summed E-state index contributed by atoms with van der Waals surface area (Å²) in [4.78, 5) is 27.4. The van der Waals surface area contributed by atoms with Gasteiger partial charge in [-0.15, -0.1) is 0 Å². The van der Waals surface area contributed by atoms with Crippen molar-refractivity contribution in [2.45, 2.75) is 13.8 Å². The van der Waals surface area contributed by atoms with Crippen molar-refractivity contribution in [2.24, 2.45) is 0 Å². The summed E-state index contributed by atoms with van der Waals surface area (Å²) in [7, 11) is 3.31. The summed E-state index contributed by atoms with van der Waals surface area (Å²) in [5.74, 6) is 0.941. The van der Waals surface area contributed by atoms with Crippen molar-refractivity contribution in [1.29, 1.82) is 0 Å². The third kappa shape index (κ3) is 3.94. The average Bonchev–Trinajstić information content (AvgIpc) is 2.39. The summed E-state index contributed by atoms with van der Waals surface area (Å²) in [5.41, 5.74) is 5.69. The number of amides is 1. The third-order valence-corrected chi connectivity index (χ3v) is 2.68. The summed E-state index contributed by atoms with van der Waals surface area (Å²) in [6, 6.07) is 0. The van der Waals surface area contributed by atoms with E-state index in [-0.39, 0.29) is 18.4 Å². The lowest BCUT2D eigenvalue weighted by Gasteiger charge is -2.21. The molecule has 1 aromatic heterocycles. The lowest BCUT2D eigenvalue weighted by Crippen LogP contribution is -2.34. The van der Waals surface area contributed by atoms with Crippen LogP contribution in [0.1, 0.15) is 13.8 Å². The molecule has 1 heterocycles. The molecule has 0 aliphatic carbocycles. The number of anilines is 3. The van der Waals surface area contributed by atoms with E-state index in [0.717, 1.165) is 13.1 Å². The number of carbonyl (C=O) groups is 1. The van der Waals surface area contributed by atoms with Gasteiger partial charge in [-0.1, -0.05) is 0 Å². The number of carbonyl (C=O) groups excluding carboxylic acids is 1. The van der Waals surface area contributed by atoms with Crippen molar-refractivity contribution < 1.29 is 4.79 Å². The Morgan fingerprint density at radius 3 is 2.32 bits per heavy atom. The Balaban J connectivity index is 2.98. The van der Waals surface area contributed by atoms with Crippen LogP contribution in [0.3, 0.4) is 0 Å². The molecule has 0 fully saturated rings. The van der Waals surface area contributed by atoms with Gasteiger partial charge in [-0.3, -0.25) is 4.79 Å². The largest absolute Gasteiger partial charge is 0.368 e. The molecular formula is C11H21N7O. The molecular weight excluding hydrogens is 246 g/mol. The van der Waals surface area contributed by atoms with Crippen LogP contribution in [-0.2, 0) is 4.79 Å². The zero-order valence-corrected chi connectivity index (χ0v) is 11.8. The number of hydrogen-bond acceptors (Lipinski definition) is 7. The van der Waals surface area contributed by atoms with Gasteiger partial charge in [0.25, 0.3) is 0 Å². The highest BCUT2D eigenvalue weighted by molar-refractivity contribution is 5.80. The SMILES string of the molecule is CCN(CC)c1nc(N)nc(N(C)CC(=O)NC)n1. The lowest BCUT2D eigenvalue weighted by molar-refractivity contribution is -0.119. The number of nitrogens with zero attached hydrogens (tertiary/aromatic N) is 5. The number of hydrogen-bond donors (Lipinski definition) is 2. The molecule has 0 aliphatic heterocycles. The second-order valence-electron chi connectivity index (χ2n) is 4.00. The molecule has 0 unspecified atom stereocenters. The number of aromatic nitrogens is 3. The van der Waals surface area contributed by atoms with E-state index in [4.69, 9.17) is 5.73 Å². The molecule has 0 saturated carbocycles. The summed E-state index contributed by atoms with van der Waals surface area (Å²) >= 11 is 0. The summed E-state index contributed by atoms with van der Waals surface area (Å²) < 4.78 is 0. The number of nitrogens with two attached hydrogens (primary N) is 1. The van der Waals surface area contributed by atoms with Crippen LogP contribution in [0.25, 0.3) is 0 Å². The second-order valence-corrected chi connectivity index (χ2v) is 4.00. The molecule has 0 spiro atoms. The number of rotatable bonds is 6. The molecule has 1 amide bonds. The maximum atomic E-state index is 11.3. The Kier molecular flexibility index (Phi) is 5.28. The minimum atomic E-state index is -0.120. The fourth-order valence-electron chi connectivity index (χ4n) is 1.55. The first-order valence-corrected chi connectivity index (χ1v) is 6.20. The standard InChI is InChI=1S/C11H21N7O/c1-5-18(6-2)11-15-9(12)14-10(16-11)17(4)7-8(19)13-3/h5-7H2,1-4H3,(H,13,19)(H2,12,14,15,16). The van der Waals surface area contributed by atoms with Crippen LogP contribution < -0.4 is 20.9 Å². The van der Waals surface area contributed by atoms with Crippen molar-refractivity contribution in [3.8, 4) is 0 Å². The van der Waals surface area contributed by atoms with Gasteiger partial charge in [0.15, 0.2) is 0 Å². The molecule has 1 rings (SSSR count). The monoisotopic (exact) mass is 267 g/mol. The number of nitrogens with one attached hydrogen (secondary N) is 1. The molecule has 1 aromatic rings. The normalized spacial score (nSPS) is 10.1. The van der Waals surface area contributed by atoms with E-state index in [1.807, 2.05) is 18.7 Å². The van der Waals surface area contributed by atoms with Crippen molar-refractivity contribution in [1.82, 2.24) is 20.3 Å². The quantitative estimate of drug-likeness (QED) is 0.715. The van der Waals surface area contributed by atoms with Crippen LogP contribution in [0.2, 0.25) is 0 Å². The summed E-state index contributed by atoms with van der Waals surface area (Å²) in [5, 5.41) is 2.55. The topological polar surface area (TPSA) is 100 Å². The van der Waals surface area contributed by atoms with E-state index in [9.17, 15) is 4.79 Å². The maximum absolute atomic E-state index is 11.3. The highest BCUT2D eigenvalue weighted by Crippen LogP contribution is 2.13. The molecule has 3 N–H and O–H groups in total. The van der Waals surface area contributed by atoms with Gasteiger partial charge in [-0.05, 0) is 13.8 Å². The minimum Gasteiger partial charge on any atom is -0.368 e. The predicted octanol–water partition coefficient (Wildman–Crippen LogP) is -0.518. The summed E-state index contributed by atoms with van der Waals surface area (Å²) in [6.45, 7) is 5.74. The summed E-state index contributed by atoms with van der Waals surface area (Å²) in [6.07, 6.45) is 0. The van der Waals surface area contributed by atoms with Crippen molar-refractivity contribution in [3.63, 3.8) is 0 Å². The van der Waals surface area contributed by atoms with Crippen LogP contribution in [0.5, 0.6) is 0 Å². The fraction of sp³-hybridized carbons (Fsp3) is 0.636. The van der Waals surface area contributed by atoms with Gasteiger partial charge in [0.05, 0.1) is 6.54 Å². The van der Waals surface area contributed by atoms with Gasteiger partial charge in [-0.25, -0.2) is 0 Å². The van der Waals surface area contributed by atoms with E-state index >= 15 is 0 Å². The van der Waals surface area contributed by atoms with Gasteiger partial charge in [0, 0.05) is 27.2 Å². The molecule has 0 radical (unpaired) electrons. The average molecular weight is 267 g/mol. The van der Waals surface area contributed by atoms with E-state index in [1.165, 1.54) is 0 Å². The van der Waals surface area contributed by atoms with Gasteiger partial charge in [0.1, 0.15) is 0 Å². The smallest absolute Gasteiger partial charge is 0.239 e. The molecule has 0 saturated heterocycles. The number of likely N-dealkylation sites (N-methyl/N-ethyl adjacent to an activating group) is 2. The van der Waals surface area contributed by atoms with Gasteiger partial charge >= 0.3 is 0 Å². The highest BCUT2D eigenvalue weighted by Gasteiger charge is 2.14. The molecule has 0 bridgehead atoms. The van der Waals surface area contributed by atoms with Gasteiger partial charge in [0.2, 0.25) is 23.8 Å². The molecule has 8 nitrogen and oxygen atoms in total. The van der Waals surface area contributed by atoms with E-state index in [0.29, 0.717) is 11.9 Å². The van der Waals surface area contributed by atoms with Crippen LogP contribution in [-0.4, -0.2) is 54.6 Å². The maximum Gasteiger partial charge on any atom is 0.239 e. The molecule has 0 aliphatic rings. The van der Waals surface area contributed by atoms with Crippen molar-refractivity contribution >= 4 is 23.8 Å². The van der Waals surface area contributed by atoms with Crippen LogP contribution in [0.15, 0.2) is 0 Å². The Labute approximate surface area is 113 Å². The Morgan fingerprint density at radius 2 is 1.79 bits per heavy atom. The Morgan fingerprint density at radius 1 is 1.21 bits per heavy atom. The van der Waals surface area contributed by atoms with E-state index < -0.39 is 0 Å². The molecule has 8 heteroatoms. The highest BCUT2D eigenvalue weighted by atomic mass is 16.1. The van der Waals surface area contributed by atoms with Crippen LogP contribution in [0, 0.1) is 0 Å². The number of nitrogen functional groups attached to an aromatic ring is 1. The predicted molar refractivity (Wildman–Crippen MR) is 75.1 cm³/mol. The second kappa shape index (κ2) is 6.72. The first-order valence-electron chi connectivity index (χ1n) is 6.20. The molecule has 0 atom stereocenters. The zero-order valence-electron chi connectivity index (χ0n) is 11.8. The Hall–Kier alpha value is -2.12. The Bertz CT molecular complexity index is 433. The third-order valence-electron chi connectivity index (χ3n) is 2.68. The molecule has 106 valence electrons. The van der Waals surface area contributed by atoms with Crippen LogP contribution >= 0.6 is 0 Å². The van der Waals surface area contributed by atoms with E-state index in [2.05, 4.69) is 20.3 Å². The zero-order chi connectivity index (χ0) is 14.4. The van der Waals surface area contributed by atoms with Crippen molar-refractivity contribution in [2.75, 3.05) is 49.3 Å². The fourth-order valence-corrected chi connectivity index (χ4v) is 1.55. The first-order chi connectivity index (χ1) is 9.01. The molecule has 19 heavy (non-hydrogen) atoms. The van der Waals surface area contributed by atoms with E-state index in [1.54, 1.807) is 19.0 Å². The van der Waals surface area contributed by atoms with Gasteiger partial charge < -0.3 is 20.9 Å². The van der Waals surface area contributed by atoms with Crippen LogP contribution in [0.4, 0.5) is 17.8 Å². The van der Waals surface area contributed by atoms with Gasteiger partial charge in [-0.2, -0.15) is 15.0 Å². The minimum absolute atomic E-state index is 0.120. The first kappa shape index (κ1) is 14.9.